The fourth-order valence-electron chi connectivity index (χ4n) is 3.45. The molecule has 2 heterocycles. The van der Waals surface area contributed by atoms with Gasteiger partial charge in [0.1, 0.15) is 0 Å². The minimum absolute atomic E-state index is 0.0862. The van der Waals surface area contributed by atoms with Crippen LogP contribution in [-0.2, 0) is 4.79 Å². The Balaban J connectivity index is 1.37. The van der Waals surface area contributed by atoms with Crippen LogP contribution >= 0.6 is 0 Å². The van der Waals surface area contributed by atoms with Gasteiger partial charge in [-0.1, -0.05) is 30.3 Å². The lowest BCUT2D eigenvalue weighted by atomic mass is 9.97. The lowest BCUT2D eigenvalue weighted by Gasteiger charge is -2.32. The Hall–Kier alpha value is -3.61. The maximum Gasteiger partial charge on any atom is 0.321 e. The molecule has 0 spiro atoms. The minimum atomic E-state index is -0.251. The van der Waals surface area contributed by atoms with Gasteiger partial charge >= 0.3 is 6.03 Å². The average Bonchev–Trinajstić information content (AvgIpc) is 3.30. The van der Waals surface area contributed by atoms with Crippen molar-refractivity contribution in [2.45, 2.75) is 12.8 Å². The molecule has 29 heavy (non-hydrogen) atoms. The second-order valence-electron chi connectivity index (χ2n) is 7.02. The van der Waals surface area contributed by atoms with Crippen molar-refractivity contribution in [1.82, 2.24) is 9.88 Å². The molecule has 7 nitrogen and oxygen atoms in total. The van der Waals surface area contributed by atoms with Gasteiger partial charge in [0.2, 0.25) is 5.91 Å². The van der Waals surface area contributed by atoms with E-state index in [9.17, 15) is 9.59 Å². The molecule has 1 aromatic heterocycles. The molecule has 4 rings (SSSR count). The number of aromatic nitrogens is 1. The molecule has 0 bridgehead atoms. The number of nitrogens with one attached hydrogen (secondary N) is 2. The van der Waals surface area contributed by atoms with E-state index in [-0.39, 0.29) is 17.9 Å². The van der Waals surface area contributed by atoms with Crippen molar-refractivity contribution in [3.8, 4) is 11.3 Å². The lowest BCUT2D eigenvalue weighted by molar-refractivity contribution is -0.121. The normalized spacial score (nSPS) is 16.3. The topological polar surface area (TPSA) is 87.5 Å². The highest BCUT2D eigenvalue weighted by Crippen LogP contribution is 2.24. The zero-order valence-corrected chi connectivity index (χ0v) is 15.9. The first kappa shape index (κ1) is 18.7. The van der Waals surface area contributed by atoms with E-state index in [0.717, 1.165) is 24.1 Å². The summed E-state index contributed by atoms with van der Waals surface area (Å²) in [6, 6.07) is 16.6. The van der Waals surface area contributed by atoms with Crippen LogP contribution in [0.3, 0.4) is 0 Å². The molecule has 7 heteroatoms. The number of benzene rings is 2. The second kappa shape index (κ2) is 8.60. The van der Waals surface area contributed by atoms with Gasteiger partial charge < -0.3 is 20.0 Å². The van der Waals surface area contributed by atoms with E-state index in [1.54, 1.807) is 11.1 Å². The van der Waals surface area contributed by atoms with E-state index < -0.39 is 0 Å². The first-order valence-corrected chi connectivity index (χ1v) is 9.60. The van der Waals surface area contributed by atoms with Crippen molar-refractivity contribution in [3.63, 3.8) is 0 Å². The molecule has 0 radical (unpaired) electrons. The minimum Gasteiger partial charge on any atom is -0.444 e. The maximum atomic E-state index is 12.8. The number of amides is 3. The first-order chi connectivity index (χ1) is 14.2. The summed E-state index contributed by atoms with van der Waals surface area (Å²) in [6.07, 6.45) is 4.55. The zero-order valence-electron chi connectivity index (χ0n) is 15.9. The van der Waals surface area contributed by atoms with Gasteiger partial charge in [0.25, 0.3) is 0 Å². The molecular weight excluding hydrogens is 368 g/mol. The number of carbonyl (C=O) groups excluding carboxylic acids is 2. The van der Waals surface area contributed by atoms with E-state index in [0.29, 0.717) is 24.5 Å². The summed E-state index contributed by atoms with van der Waals surface area (Å²) in [7, 11) is 0. The highest BCUT2D eigenvalue weighted by Gasteiger charge is 2.28. The predicted octanol–water partition coefficient (Wildman–Crippen LogP) is 4.22. The SMILES string of the molecule is O=C(Nc1cccc(-c2cnco2)c1)C1CCCN(C(=O)Nc2ccccc2)C1. The largest absolute Gasteiger partial charge is 0.444 e. The number of likely N-dealkylation sites (tertiary alicyclic amines) is 1. The van der Waals surface area contributed by atoms with Crippen LogP contribution in [0.1, 0.15) is 12.8 Å². The number of oxazole rings is 1. The maximum absolute atomic E-state index is 12.8. The Labute approximate surface area is 168 Å². The third kappa shape index (κ3) is 4.63. The van der Waals surface area contributed by atoms with Crippen LogP contribution in [0.5, 0.6) is 0 Å². The molecule has 1 atom stereocenters. The van der Waals surface area contributed by atoms with E-state index in [1.165, 1.54) is 6.39 Å². The van der Waals surface area contributed by atoms with E-state index in [2.05, 4.69) is 15.6 Å². The van der Waals surface area contributed by atoms with Gasteiger partial charge in [0, 0.05) is 30.0 Å². The molecule has 1 aliphatic heterocycles. The number of hydrogen-bond donors (Lipinski definition) is 2. The smallest absolute Gasteiger partial charge is 0.321 e. The van der Waals surface area contributed by atoms with Crippen LogP contribution in [0.15, 0.2) is 71.6 Å². The fourth-order valence-corrected chi connectivity index (χ4v) is 3.45. The second-order valence-corrected chi connectivity index (χ2v) is 7.02. The Kier molecular flexibility index (Phi) is 5.56. The van der Waals surface area contributed by atoms with Crippen LogP contribution in [0.4, 0.5) is 16.2 Å². The fraction of sp³-hybridized carbons (Fsp3) is 0.227. The third-order valence-corrected chi connectivity index (χ3v) is 4.95. The summed E-state index contributed by atoms with van der Waals surface area (Å²) in [4.78, 5) is 30.9. The number of urea groups is 1. The number of rotatable bonds is 4. The van der Waals surface area contributed by atoms with Gasteiger partial charge in [-0.2, -0.15) is 0 Å². The summed E-state index contributed by atoms with van der Waals surface area (Å²) >= 11 is 0. The number of para-hydroxylation sites is 1. The molecule has 1 unspecified atom stereocenters. The predicted molar refractivity (Wildman–Crippen MR) is 110 cm³/mol. The zero-order chi connectivity index (χ0) is 20.1. The van der Waals surface area contributed by atoms with E-state index in [4.69, 9.17) is 4.42 Å². The van der Waals surface area contributed by atoms with Crippen molar-refractivity contribution in [3.05, 3.63) is 67.2 Å². The molecule has 1 aliphatic rings. The van der Waals surface area contributed by atoms with Gasteiger partial charge in [-0.05, 0) is 37.1 Å². The van der Waals surface area contributed by atoms with Crippen molar-refractivity contribution < 1.29 is 14.0 Å². The molecule has 1 saturated heterocycles. The average molecular weight is 390 g/mol. The summed E-state index contributed by atoms with van der Waals surface area (Å²) in [5.74, 6) is 0.304. The number of piperidine rings is 1. The molecule has 2 N–H and O–H groups in total. The number of nitrogens with zero attached hydrogens (tertiary/aromatic N) is 2. The third-order valence-electron chi connectivity index (χ3n) is 4.95. The first-order valence-electron chi connectivity index (χ1n) is 9.60. The molecule has 0 aliphatic carbocycles. The molecular formula is C22H22N4O3. The molecule has 1 fully saturated rings. The van der Waals surface area contributed by atoms with Crippen LogP contribution in [0.2, 0.25) is 0 Å². The van der Waals surface area contributed by atoms with Crippen molar-refractivity contribution in [1.29, 1.82) is 0 Å². The quantitative estimate of drug-likeness (QED) is 0.698. The van der Waals surface area contributed by atoms with Crippen molar-refractivity contribution >= 4 is 23.3 Å². The summed E-state index contributed by atoms with van der Waals surface area (Å²) in [5.41, 5.74) is 2.27. The molecule has 3 aromatic rings. The molecule has 148 valence electrons. The Morgan fingerprint density at radius 3 is 2.66 bits per heavy atom. The highest BCUT2D eigenvalue weighted by atomic mass is 16.3. The summed E-state index contributed by atoms with van der Waals surface area (Å²) in [6.45, 7) is 1.04. The standard InChI is InChI=1S/C22H22N4O3/c27-21(24-19-10-4-6-16(12-19)20-13-23-15-29-20)17-7-5-11-26(14-17)22(28)25-18-8-2-1-3-9-18/h1-4,6,8-10,12-13,15,17H,5,7,11,14H2,(H,24,27)(H,25,28). The Bertz CT molecular complexity index is 973. The van der Waals surface area contributed by atoms with Gasteiger partial charge in [0.05, 0.1) is 12.1 Å². The van der Waals surface area contributed by atoms with Gasteiger partial charge in [0.15, 0.2) is 12.2 Å². The summed E-state index contributed by atoms with van der Waals surface area (Å²) < 4.78 is 5.31. The molecule has 2 aromatic carbocycles. The van der Waals surface area contributed by atoms with Crippen molar-refractivity contribution in [2.24, 2.45) is 5.92 Å². The molecule has 3 amide bonds. The Morgan fingerprint density at radius 1 is 1.03 bits per heavy atom. The van der Waals surface area contributed by atoms with Crippen LogP contribution < -0.4 is 10.6 Å². The van der Waals surface area contributed by atoms with Gasteiger partial charge in [-0.15, -0.1) is 0 Å². The van der Waals surface area contributed by atoms with Gasteiger partial charge in [-0.3, -0.25) is 4.79 Å². The van der Waals surface area contributed by atoms with E-state index in [1.807, 2.05) is 54.6 Å². The van der Waals surface area contributed by atoms with Crippen molar-refractivity contribution in [2.75, 3.05) is 23.7 Å². The summed E-state index contributed by atoms with van der Waals surface area (Å²) in [5, 5.41) is 5.85. The number of carbonyl (C=O) groups is 2. The number of anilines is 2. The van der Waals surface area contributed by atoms with Crippen LogP contribution in [-0.4, -0.2) is 34.9 Å². The Morgan fingerprint density at radius 2 is 1.86 bits per heavy atom. The number of hydrogen-bond acceptors (Lipinski definition) is 4. The lowest BCUT2D eigenvalue weighted by Crippen LogP contribution is -2.45. The van der Waals surface area contributed by atoms with E-state index >= 15 is 0 Å². The molecule has 0 saturated carbocycles. The monoisotopic (exact) mass is 390 g/mol. The van der Waals surface area contributed by atoms with Crippen LogP contribution in [0, 0.1) is 5.92 Å². The van der Waals surface area contributed by atoms with Crippen LogP contribution in [0.25, 0.3) is 11.3 Å². The van der Waals surface area contributed by atoms with Gasteiger partial charge in [-0.25, -0.2) is 9.78 Å². The highest BCUT2D eigenvalue weighted by molar-refractivity contribution is 5.94.